The molecule has 1 heterocycles. The summed E-state index contributed by atoms with van der Waals surface area (Å²) in [4.78, 5) is 12.2. The van der Waals surface area contributed by atoms with Crippen LogP contribution >= 0.6 is 15.9 Å². The molecular weight excluding hydrogens is 413 g/mol. The molecule has 1 aliphatic rings. The van der Waals surface area contributed by atoms with E-state index in [0.717, 1.165) is 0 Å². The second-order valence-corrected chi connectivity index (χ2v) is 8.53. The number of halogens is 2. The van der Waals surface area contributed by atoms with E-state index in [1.807, 2.05) is 0 Å². The lowest BCUT2D eigenvalue weighted by molar-refractivity contribution is 0.0469. The van der Waals surface area contributed by atoms with E-state index in [0.29, 0.717) is 23.1 Å². The van der Waals surface area contributed by atoms with Crippen LogP contribution in [0.5, 0.6) is 0 Å². The summed E-state index contributed by atoms with van der Waals surface area (Å²) in [6.07, 6.45) is 0.555. The van der Waals surface area contributed by atoms with E-state index in [1.54, 1.807) is 18.2 Å². The Morgan fingerprint density at radius 1 is 1.24 bits per heavy atom. The van der Waals surface area contributed by atoms with Crippen LogP contribution in [0.3, 0.4) is 0 Å². The van der Waals surface area contributed by atoms with Gasteiger partial charge >= 0.3 is 5.97 Å². The molecule has 0 aromatic heterocycles. The van der Waals surface area contributed by atoms with E-state index in [4.69, 9.17) is 4.74 Å². The Morgan fingerprint density at radius 2 is 2.04 bits per heavy atom. The summed E-state index contributed by atoms with van der Waals surface area (Å²) in [5, 5.41) is 0. The van der Waals surface area contributed by atoms with Gasteiger partial charge in [0.15, 0.2) is 0 Å². The molecule has 5 nitrogen and oxygen atoms in total. The van der Waals surface area contributed by atoms with Gasteiger partial charge in [-0.3, -0.25) is 4.31 Å². The third kappa shape index (κ3) is 4.01. The highest BCUT2D eigenvalue weighted by Gasteiger charge is 2.28. The van der Waals surface area contributed by atoms with Crippen LogP contribution in [0, 0.1) is 5.82 Å². The summed E-state index contributed by atoms with van der Waals surface area (Å²) in [7, 11) is -3.32. The Balaban J connectivity index is 1.73. The first kappa shape index (κ1) is 17.9. The van der Waals surface area contributed by atoms with Gasteiger partial charge in [0.25, 0.3) is 0 Å². The fourth-order valence-electron chi connectivity index (χ4n) is 2.58. The molecule has 2 aromatic carbocycles. The molecule has 1 aliphatic heterocycles. The Bertz CT molecular complexity index is 917. The minimum Gasteiger partial charge on any atom is -0.457 e. The summed E-state index contributed by atoms with van der Waals surface area (Å²) in [5.74, 6) is -1.01. The van der Waals surface area contributed by atoms with Crippen LogP contribution in [0.2, 0.25) is 0 Å². The molecule has 0 unspecified atom stereocenters. The van der Waals surface area contributed by atoms with E-state index < -0.39 is 21.8 Å². The summed E-state index contributed by atoms with van der Waals surface area (Å²) in [5.41, 5.74) is 0.911. The van der Waals surface area contributed by atoms with Gasteiger partial charge < -0.3 is 4.74 Å². The molecule has 0 saturated carbocycles. The van der Waals surface area contributed by atoms with Gasteiger partial charge in [0.2, 0.25) is 10.0 Å². The maximum absolute atomic E-state index is 13.8. The number of carbonyl (C=O) groups is 1. The molecule has 0 radical (unpaired) electrons. The molecule has 0 N–H and O–H groups in total. The lowest BCUT2D eigenvalue weighted by Crippen LogP contribution is -2.25. The SMILES string of the molecule is O=C(OCc1ccc(Br)cc1F)c1cccc(N2CCCS2(=O)=O)c1. The van der Waals surface area contributed by atoms with Crippen molar-refractivity contribution in [3.63, 3.8) is 0 Å². The predicted molar refractivity (Wildman–Crippen MR) is 95.4 cm³/mol. The number of carbonyl (C=O) groups excluding carboxylic acids is 1. The van der Waals surface area contributed by atoms with Gasteiger partial charge in [0.1, 0.15) is 12.4 Å². The smallest absolute Gasteiger partial charge is 0.338 e. The first-order chi connectivity index (χ1) is 11.9. The average Bonchev–Trinajstić information content (AvgIpc) is 2.93. The third-order valence-corrected chi connectivity index (χ3v) is 6.21. The fourth-order valence-corrected chi connectivity index (χ4v) is 4.47. The van der Waals surface area contributed by atoms with Crippen molar-refractivity contribution in [3.8, 4) is 0 Å². The van der Waals surface area contributed by atoms with E-state index in [9.17, 15) is 17.6 Å². The number of benzene rings is 2. The molecule has 0 bridgehead atoms. The monoisotopic (exact) mass is 427 g/mol. The molecule has 3 rings (SSSR count). The zero-order valence-electron chi connectivity index (χ0n) is 13.1. The lowest BCUT2D eigenvalue weighted by Gasteiger charge is -2.17. The highest BCUT2D eigenvalue weighted by Crippen LogP contribution is 2.25. The van der Waals surface area contributed by atoms with Crippen LogP contribution in [0.25, 0.3) is 0 Å². The van der Waals surface area contributed by atoms with Crippen molar-refractivity contribution in [2.75, 3.05) is 16.6 Å². The van der Waals surface area contributed by atoms with E-state index in [1.165, 1.54) is 28.6 Å². The van der Waals surface area contributed by atoms with Crippen molar-refractivity contribution >= 4 is 37.6 Å². The molecular formula is C17H15BrFNO4S. The van der Waals surface area contributed by atoms with Crippen LogP contribution in [0.15, 0.2) is 46.9 Å². The molecule has 8 heteroatoms. The van der Waals surface area contributed by atoms with Crippen LogP contribution < -0.4 is 4.31 Å². The standard InChI is InChI=1S/C17H15BrFNO4S/c18-14-6-5-13(16(19)10-14)11-24-17(21)12-3-1-4-15(9-12)20-7-2-8-25(20,22)23/h1,3-6,9-10H,2,7-8,11H2. The van der Waals surface area contributed by atoms with E-state index in [-0.39, 0.29) is 23.5 Å². The number of anilines is 1. The topological polar surface area (TPSA) is 63.7 Å². The van der Waals surface area contributed by atoms with Gasteiger partial charge in [0.05, 0.1) is 17.0 Å². The fraction of sp³-hybridized carbons (Fsp3) is 0.235. The van der Waals surface area contributed by atoms with Gasteiger partial charge in [-0.25, -0.2) is 17.6 Å². The highest BCUT2D eigenvalue weighted by molar-refractivity contribution is 9.10. The van der Waals surface area contributed by atoms with Crippen molar-refractivity contribution in [2.24, 2.45) is 0 Å². The first-order valence-electron chi connectivity index (χ1n) is 7.58. The quantitative estimate of drug-likeness (QED) is 0.700. The lowest BCUT2D eigenvalue weighted by atomic mass is 10.2. The number of ether oxygens (including phenoxy) is 1. The molecule has 2 aromatic rings. The number of hydrogen-bond donors (Lipinski definition) is 0. The van der Waals surface area contributed by atoms with Gasteiger partial charge in [-0.05, 0) is 36.8 Å². The molecule has 0 spiro atoms. The van der Waals surface area contributed by atoms with Crippen molar-refractivity contribution in [1.29, 1.82) is 0 Å². The van der Waals surface area contributed by atoms with Crippen LogP contribution in [-0.2, 0) is 21.4 Å². The molecule has 132 valence electrons. The Hall–Kier alpha value is -1.93. The maximum Gasteiger partial charge on any atom is 0.338 e. The average molecular weight is 428 g/mol. The molecule has 0 atom stereocenters. The molecule has 1 saturated heterocycles. The van der Waals surface area contributed by atoms with Crippen molar-refractivity contribution in [3.05, 3.63) is 63.9 Å². The summed E-state index contributed by atoms with van der Waals surface area (Å²) in [6.45, 7) is 0.190. The Kier molecular flexibility index (Phi) is 5.10. The predicted octanol–water partition coefficient (Wildman–Crippen LogP) is 3.49. The molecule has 25 heavy (non-hydrogen) atoms. The van der Waals surface area contributed by atoms with E-state index in [2.05, 4.69) is 15.9 Å². The van der Waals surface area contributed by atoms with Gasteiger partial charge in [-0.2, -0.15) is 0 Å². The van der Waals surface area contributed by atoms with Crippen LogP contribution in [0.1, 0.15) is 22.3 Å². The normalized spacial score (nSPS) is 16.0. The summed E-state index contributed by atoms with van der Waals surface area (Å²) < 4.78 is 44.8. The van der Waals surface area contributed by atoms with Crippen molar-refractivity contribution in [2.45, 2.75) is 13.0 Å². The minimum atomic E-state index is -3.32. The second-order valence-electron chi connectivity index (χ2n) is 5.60. The molecule has 1 fully saturated rings. The van der Waals surface area contributed by atoms with Gasteiger partial charge in [-0.15, -0.1) is 0 Å². The zero-order chi connectivity index (χ0) is 18.0. The highest BCUT2D eigenvalue weighted by atomic mass is 79.9. The van der Waals surface area contributed by atoms with E-state index >= 15 is 0 Å². The Morgan fingerprint density at radius 3 is 2.72 bits per heavy atom. The van der Waals surface area contributed by atoms with Crippen LogP contribution in [-0.4, -0.2) is 26.7 Å². The first-order valence-corrected chi connectivity index (χ1v) is 9.98. The van der Waals surface area contributed by atoms with Crippen LogP contribution in [0.4, 0.5) is 10.1 Å². The Labute approximate surface area is 153 Å². The number of sulfonamides is 1. The number of nitrogens with zero attached hydrogens (tertiary/aromatic N) is 1. The van der Waals surface area contributed by atoms with Gasteiger partial charge in [-0.1, -0.05) is 28.1 Å². The zero-order valence-corrected chi connectivity index (χ0v) is 15.5. The molecule has 0 aliphatic carbocycles. The second kappa shape index (κ2) is 7.13. The van der Waals surface area contributed by atoms with Crippen molar-refractivity contribution < 1.29 is 22.3 Å². The van der Waals surface area contributed by atoms with Crippen molar-refractivity contribution in [1.82, 2.24) is 0 Å². The third-order valence-electron chi connectivity index (χ3n) is 3.84. The minimum absolute atomic E-state index is 0.102. The number of esters is 1. The number of hydrogen-bond acceptors (Lipinski definition) is 4. The summed E-state index contributed by atoms with van der Waals surface area (Å²) in [6, 6.07) is 10.7. The van der Waals surface area contributed by atoms with Gasteiger partial charge in [0, 0.05) is 16.6 Å². The largest absolute Gasteiger partial charge is 0.457 e. The molecule has 0 amide bonds. The number of rotatable bonds is 4. The maximum atomic E-state index is 13.8. The summed E-state index contributed by atoms with van der Waals surface area (Å²) >= 11 is 3.16.